The zero-order valence-corrected chi connectivity index (χ0v) is 14.9. The van der Waals surface area contributed by atoms with Crippen molar-refractivity contribution < 1.29 is 28.7 Å². The Morgan fingerprint density at radius 1 is 1.07 bits per heavy atom. The molecule has 1 amide bonds. The second-order valence-electron chi connectivity index (χ2n) is 5.41. The maximum Gasteiger partial charge on any atom is 0.339 e. The number of hydrogen-bond donors (Lipinski definition) is 1. The molecule has 0 radical (unpaired) electrons. The van der Waals surface area contributed by atoms with E-state index in [0.717, 1.165) is 0 Å². The van der Waals surface area contributed by atoms with Gasteiger partial charge in [-0.15, -0.1) is 0 Å². The first-order valence-electron chi connectivity index (χ1n) is 7.84. The van der Waals surface area contributed by atoms with Crippen molar-refractivity contribution in [3.8, 4) is 11.5 Å². The molecule has 0 aromatic heterocycles. The fourth-order valence-corrected chi connectivity index (χ4v) is 2.19. The first-order valence-corrected chi connectivity index (χ1v) is 7.84. The lowest BCUT2D eigenvalue weighted by Gasteiger charge is -2.14. The Morgan fingerprint density at radius 2 is 1.78 bits per heavy atom. The van der Waals surface area contributed by atoms with Gasteiger partial charge in [-0.05, 0) is 31.2 Å². The number of nitro benzene ring substituents is 1. The van der Waals surface area contributed by atoms with Gasteiger partial charge in [0.15, 0.2) is 17.6 Å². The van der Waals surface area contributed by atoms with Crippen molar-refractivity contribution in [1.82, 2.24) is 0 Å². The molecule has 1 N–H and O–H groups in total. The molecule has 0 aliphatic carbocycles. The lowest BCUT2D eigenvalue weighted by Crippen LogP contribution is -2.30. The van der Waals surface area contributed by atoms with Crippen LogP contribution in [-0.4, -0.2) is 37.1 Å². The van der Waals surface area contributed by atoms with Gasteiger partial charge in [-0.3, -0.25) is 14.9 Å². The molecule has 2 rings (SSSR count). The van der Waals surface area contributed by atoms with Crippen molar-refractivity contribution in [2.75, 3.05) is 19.5 Å². The van der Waals surface area contributed by atoms with Gasteiger partial charge >= 0.3 is 5.97 Å². The number of carbonyl (C=O) groups excluding carboxylic acids is 2. The summed E-state index contributed by atoms with van der Waals surface area (Å²) >= 11 is 0. The second kappa shape index (κ2) is 8.65. The van der Waals surface area contributed by atoms with Crippen LogP contribution in [0.3, 0.4) is 0 Å². The molecular formula is C18H18N2O7. The SMILES string of the molecule is COc1ccc(C(=O)O[C@@H](C)C(=O)Nc2cccc([N+](=O)[O-])c2)cc1OC. The molecule has 142 valence electrons. The Balaban J connectivity index is 2.04. The topological polar surface area (TPSA) is 117 Å². The van der Waals surface area contributed by atoms with Gasteiger partial charge in [-0.2, -0.15) is 0 Å². The zero-order valence-electron chi connectivity index (χ0n) is 14.9. The first-order chi connectivity index (χ1) is 12.8. The number of amides is 1. The summed E-state index contributed by atoms with van der Waals surface area (Å²) in [5.41, 5.74) is 0.244. The minimum Gasteiger partial charge on any atom is -0.493 e. The van der Waals surface area contributed by atoms with E-state index in [9.17, 15) is 19.7 Å². The summed E-state index contributed by atoms with van der Waals surface area (Å²) in [6, 6.07) is 9.91. The molecular weight excluding hydrogens is 356 g/mol. The van der Waals surface area contributed by atoms with E-state index in [1.54, 1.807) is 6.07 Å². The summed E-state index contributed by atoms with van der Waals surface area (Å²) in [5.74, 6) is -0.548. The van der Waals surface area contributed by atoms with Gasteiger partial charge in [0.2, 0.25) is 0 Å². The Morgan fingerprint density at radius 3 is 2.41 bits per heavy atom. The Hall–Kier alpha value is -3.62. The molecule has 0 aliphatic rings. The molecule has 9 heteroatoms. The fraction of sp³-hybridized carbons (Fsp3) is 0.222. The van der Waals surface area contributed by atoms with Crippen LogP contribution < -0.4 is 14.8 Å². The van der Waals surface area contributed by atoms with E-state index in [4.69, 9.17) is 14.2 Å². The number of non-ortho nitro benzene ring substituents is 1. The number of hydrogen-bond acceptors (Lipinski definition) is 7. The molecule has 0 unspecified atom stereocenters. The molecule has 27 heavy (non-hydrogen) atoms. The number of nitro groups is 1. The van der Waals surface area contributed by atoms with Gasteiger partial charge in [-0.25, -0.2) is 4.79 Å². The van der Waals surface area contributed by atoms with Gasteiger partial charge in [0.25, 0.3) is 11.6 Å². The Kier molecular flexibility index (Phi) is 6.32. The highest BCUT2D eigenvalue weighted by atomic mass is 16.6. The summed E-state index contributed by atoms with van der Waals surface area (Å²) in [5, 5.41) is 13.2. The van der Waals surface area contributed by atoms with Crippen LogP contribution in [0, 0.1) is 10.1 Å². The maximum atomic E-state index is 12.2. The highest BCUT2D eigenvalue weighted by Gasteiger charge is 2.20. The van der Waals surface area contributed by atoms with Crippen LogP contribution in [0.5, 0.6) is 11.5 Å². The molecule has 0 saturated heterocycles. The minimum absolute atomic E-state index is 0.164. The highest BCUT2D eigenvalue weighted by molar-refractivity contribution is 5.97. The second-order valence-corrected chi connectivity index (χ2v) is 5.41. The van der Waals surface area contributed by atoms with Crippen LogP contribution in [-0.2, 0) is 9.53 Å². The third-order valence-corrected chi connectivity index (χ3v) is 3.60. The lowest BCUT2D eigenvalue weighted by molar-refractivity contribution is -0.384. The molecule has 2 aromatic rings. The third kappa shape index (κ3) is 4.94. The molecule has 1 atom stereocenters. The average molecular weight is 374 g/mol. The van der Waals surface area contributed by atoms with E-state index in [-0.39, 0.29) is 16.9 Å². The zero-order chi connectivity index (χ0) is 20.0. The van der Waals surface area contributed by atoms with E-state index < -0.39 is 22.9 Å². The van der Waals surface area contributed by atoms with E-state index in [1.165, 1.54) is 57.5 Å². The molecule has 0 heterocycles. The summed E-state index contributed by atoms with van der Waals surface area (Å²) in [6.07, 6.45) is -1.12. The Labute approximate surface area is 155 Å². The first kappa shape index (κ1) is 19.7. The normalized spacial score (nSPS) is 11.2. The fourth-order valence-electron chi connectivity index (χ4n) is 2.19. The maximum absolute atomic E-state index is 12.2. The summed E-state index contributed by atoms with van der Waals surface area (Å²) in [4.78, 5) is 34.6. The van der Waals surface area contributed by atoms with Crippen molar-refractivity contribution >= 4 is 23.3 Å². The van der Waals surface area contributed by atoms with Crippen LogP contribution >= 0.6 is 0 Å². The molecule has 2 aromatic carbocycles. The predicted molar refractivity (Wildman–Crippen MR) is 96.1 cm³/mol. The van der Waals surface area contributed by atoms with Crippen LogP contribution in [0.15, 0.2) is 42.5 Å². The monoisotopic (exact) mass is 374 g/mol. The van der Waals surface area contributed by atoms with Crippen molar-refractivity contribution in [1.29, 1.82) is 0 Å². The molecule has 0 spiro atoms. The van der Waals surface area contributed by atoms with Gasteiger partial charge in [0.05, 0.1) is 24.7 Å². The minimum atomic E-state index is -1.12. The number of methoxy groups -OCH3 is 2. The highest BCUT2D eigenvalue weighted by Crippen LogP contribution is 2.28. The molecule has 0 bridgehead atoms. The van der Waals surface area contributed by atoms with Crippen molar-refractivity contribution in [3.05, 3.63) is 58.1 Å². The standard InChI is InChI=1S/C18H18N2O7/c1-11(17(21)19-13-5-4-6-14(10-13)20(23)24)27-18(22)12-7-8-15(25-2)16(9-12)26-3/h4-11H,1-3H3,(H,19,21)/t11-/m0/s1. The number of carbonyl (C=O) groups is 2. The van der Waals surface area contributed by atoms with Gasteiger partial charge in [0.1, 0.15) is 0 Å². The summed E-state index contributed by atoms with van der Waals surface area (Å²) < 4.78 is 15.4. The van der Waals surface area contributed by atoms with Gasteiger partial charge in [-0.1, -0.05) is 6.07 Å². The van der Waals surface area contributed by atoms with E-state index in [2.05, 4.69) is 5.32 Å². The average Bonchev–Trinajstić information content (AvgIpc) is 2.67. The van der Waals surface area contributed by atoms with Crippen molar-refractivity contribution in [3.63, 3.8) is 0 Å². The lowest BCUT2D eigenvalue weighted by atomic mass is 10.2. The van der Waals surface area contributed by atoms with E-state index in [0.29, 0.717) is 11.5 Å². The van der Waals surface area contributed by atoms with Crippen LogP contribution in [0.1, 0.15) is 17.3 Å². The van der Waals surface area contributed by atoms with Crippen molar-refractivity contribution in [2.24, 2.45) is 0 Å². The molecule has 9 nitrogen and oxygen atoms in total. The van der Waals surface area contributed by atoms with Crippen LogP contribution in [0.2, 0.25) is 0 Å². The summed E-state index contributed by atoms with van der Waals surface area (Å²) in [6.45, 7) is 1.39. The number of rotatable bonds is 7. The van der Waals surface area contributed by atoms with Crippen LogP contribution in [0.25, 0.3) is 0 Å². The quantitative estimate of drug-likeness (QED) is 0.450. The number of nitrogens with zero attached hydrogens (tertiary/aromatic N) is 1. The summed E-state index contributed by atoms with van der Waals surface area (Å²) in [7, 11) is 2.90. The number of nitrogens with one attached hydrogen (secondary N) is 1. The van der Waals surface area contributed by atoms with E-state index >= 15 is 0 Å². The van der Waals surface area contributed by atoms with Gasteiger partial charge < -0.3 is 19.5 Å². The largest absolute Gasteiger partial charge is 0.493 e. The molecule has 0 fully saturated rings. The molecule has 0 saturated carbocycles. The number of ether oxygens (including phenoxy) is 3. The smallest absolute Gasteiger partial charge is 0.339 e. The van der Waals surface area contributed by atoms with Crippen molar-refractivity contribution in [2.45, 2.75) is 13.0 Å². The van der Waals surface area contributed by atoms with E-state index in [1.807, 2.05) is 0 Å². The molecule has 0 aliphatic heterocycles. The number of benzene rings is 2. The number of anilines is 1. The van der Waals surface area contributed by atoms with Crippen LogP contribution in [0.4, 0.5) is 11.4 Å². The van der Waals surface area contributed by atoms with Gasteiger partial charge in [0, 0.05) is 17.8 Å². The Bertz CT molecular complexity index is 867. The predicted octanol–water partition coefficient (Wildman–Crippen LogP) is 2.80. The third-order valence-electron chi connectivity index (χ3n) is 3.60. The number of esters is 1.